The van der Waals surface area contributed by atoms with Crippen molar-refractivity contribution in [3.05, 3.63) is 33.9 Å². The van der Waals surface area contributed by atoms with Gasteiger partial charge in [0, 0.05) is 5.02 Å². The smallest absolute Gasteiger partial charge is 0.270 e. The van der Waals surface area contributed by atoms with Crippen LogP contribution >= 0.6 is 34.9 Å². The Morgan fingerprint density at radius 1 is 1.31 bits per heavy atom. The van der Waals surface area contributed by atoms with Gasteiger partial charge in [0.1, 0.15) is 5.75 Å². The SMILES string of the molecule is CCc1cc(Oc2nsnc2Cl)ccc1Cl. The van der Waals surface area contributed by atoms with Gasteiger partial charge in [-0.1, -0.05) is 30.1 Å². The monoisotopic (exact) mass is 274 g/mol. The maximum Gasteiger partial charge on any atom is 0.270 e. The zero-order valence-electron chi connectivity index (χ0n) is 8.41. The molecule has 0 bridgehead atoms. The van der Waals surface area contributed by atoms with Crippen molar-refractivity contribution in [3.63, 3.8) is 0 Å². The summed E-state index contributed by atoms with van der Waals surface area (Å²) in [6.07, 6.45) is 0.846. The lowest BCUT2D eigenvalue weighted by Gasteiger charge is -2.05. The molecular weight excluding hydrogens is 267 g/mol. The third-order valence-electron chi connectivity index (χ3n) is 2.03. The van der Waals surface area contributed by atoms with Crippen LogP contribution in [0, 0.1) is 0 Å². The van der Waals surface area contributed by atoms with Gasteiger partial charge in [-0.25, -0.2) is 0 Å². The molecule has 0 saturated heterocycles. The van der Waals surface area contributed by atoms with Gasteiger partial charge >= 0.3 is 0 Å². The van der Waals surface area contributed by atoms with Crippen LogP contribution in [0.15, 0.2) is 18.2 Å². The summed E-state index contributed by atoms with van der Waals surface area (Å²) in [6.45, 7) is 2.03. The van der Waals surface area contributed by atoms with E-state index in [9.17, 15) is 0 Å². The van der Waals surface area contributed by atoms with Crippen LogP contribution in [-0.4, -0.2) is 8.75 Å². The van der Waals surface area contributed by atoms with Gasteiger partial charge in [0.2, 0.25) is 5.15 Å². The summed E-state index contributed by atoms with van der Waals surface area (Å²) in [5, 5.41) is 1.01. The minimum Gasteiger partial charge on any atom is -0.436 e. The van der Waals surface area contributed by atoms with Crippen LogP contribution in [0.25, 0.3) is 0 Å². The molecule has 84 valence electrons. The molecule has 0 fully saturated rings. The number of halogens is 2. The first-order valence-electron chi connectivity index (χ1n) is 4.65. The third-order valence-corrected chi connectivity index (χ3v) is 3.26. The summed E-state index contributed by atoms with van der Waals surface area (Å²) in [7, 11) is 0. The molecule has 2 aromatic rings. The molecule has 1 aromatic carbocycles. The lowest BCUT2D eigenvalue weighted by atomic mass is 10.1. The molecule has 0 N–H and O–H groups in total. The minimum absolute atomic E-state index is 0.276. The maximum atomic E-state index is 6.00. The highest BCUT2D eigenvalue weighted by Crippen LogP contribution is 2.29. The topological polar surface area (TPSA) is 35.0 Å². The Kier molecular flexibility index (Phi) is 3.63. The molecule has 2 rings (SSSR count). The molecule has 0 unspecified atom stereocenters. The van der Waals surface area contributed by atoms with Gasteiger partial charge in [0.15, 0.2) is 0 Å². The van der Waals surface area contributed by atoms with Gasteiger partial charge in [-0.2, -0.15) is 4.37 Å². The molecule has 0 aliphatic heterocycles. The van der Waals surface area contributed by atoms with E-state index in [0.29, 0.717) is 11.6 Å². The maximum absolute atomic E-state index is 6.00. The largest absolute Gasteiger partial charge is 0.436 e. The number of aryl methyl sites for hydroxylation is 1. The van der Waals surface area contributed by atoms with Crippen molar-refractivity contribution in [1.82, 2.24) is 8.75 Å². The van der Waals surface area contributed by atoms with Gasteiger partial charge in [-0.05, 0) is 30.2 Å². The molecule has 3 nitrogen and oxygen atoms in total. The highest BCUT2D eigenvalue weighted by molar-refractivity contribution is 6.99. The zero-order valence-corrected chi connectivity index (χ0v) is 10.7. The summed E-state index contributed by atoms with van der Waals surface area (Å²) in [6, 6.07) is 5.44. The average Bonchev–Trinajstić information content (AvgIpc) is 2.67. The Morgan fingerprint density at radius 2 is 2.12 bits per heavy atom. The lowest BCUT2D eigenvalue weighted by Crippen LogP contribution is -1.88. The predicted octanol–water partition coefficient (Wildman–Crippen LogP) is 4.20. The van der Waals surface area contributed by atoms with Crippen molar-refractivity contribution in [2.24, 2.45) is 0 Å². The number of nitrogens with zero attached hydrogens (tertiary/aromatic N) is 2. The number of hydrogen-bond acceptors (Lipinski definition) is 4. The number of hydrogen-bond donors (Lipinski definition) is 0. The fraction of sp³-hybridized carbons (Fsp3) is 0.200. The van der Waals surface area contributed by atoms with E-state index < -0.39 is 0 Å². The zero-order chi connectivity index (χ0) is 11.5. The standard InChI is InChI=1S/C10H8Cl2N2OS/c1-2-6-5-7(3-4-8(6)11)15-10-9(12)13-16-14-10/h3-5H,2H2,1H3. The van der Waals surface area contributed by atoms with Crippen LogP contribution < -0.4 is 4.74 Å². The van der Waals surface area contributed by atoms with Crippen molar-refractivity contribution < 1.29 is 4.74 Å². The van der Waals surface area contributed by atoms with Crippen molar-refractivity contribution in [3.8, 4) is 11.6 Å². The molecule has 1 aromatic heterocycles. The second-order valence-electron chi connectivity index (χ2n) is 3.07. The Bertz CT molecular complexity index is 501. The first-order chi connectivity index (χ1) is 7.70. The van der Waals surface area contributed by atoms with Crippen molar-refractivity contribution in [2.75, 3.05) is 0 Å². The van der Waals surface area contributed by atoms with Crippen LogP contribution in [0.4, 0.5) is 0 Å². The van der Waals surface area contributed by atoms with Gasteiger partial charge in [-0.3, -0.25) is 0 Å². The van der Waals surface area contributed by atoms with Gasteiger partial charge in [0.25, 0.3) is 5.88 Å². The highest BCUT2D eigenvalue weighted by Gasteiger charge is 2.08. The second-order valence-corrected chi connectivity index (χ2v) is 4.36. The lowest BCUT2D eigenvalue weighted by molar-refractivity contribution is 0.467. The Morgan fingerprint density at radius 3 is 2.75 bits per heavy atom. The van der Waals surface area contributed by atoms with Crippen molar-refractivity contribution in [2.45, 2.75) is 13.3 Å². The van der Waals surface area contributed by atoms with Crippen LogP contribution in [-0.2, 0) is 6.42 Å². The van der Waals surface area contributed by atoms with Crippen LogP contribution in [0.1, 0.15) is 12.5 Å². The molecule has 16 heavy (non-hydrogen) atoms. The summed E-state index contributed by atoms with van der Waals surface area (Å²) in [5.41, 5.74) is 1.03. The summed E-state index contributed by atoms with van der Waals surface area (Å²) >= 11 is 12.8. The second kappa shape index (κ2) is 4.99. The number of ether oxygens (including phenoxy) is 1. The fourth-order valence-electron chi connectivity index (χ4n) is 1.23. The molecule has 0 radical (unpaired) electrons. The molecule has 0 aliphatic rings. The van der Waals surface area contributed by atoms with E-state index in [4.69, 9.17) is 27.9 Å². The van der Waals surface area contributed by atoms with E-state index in [0.717, 1.165) is 28.7 Å². The van der Waals surface area contributed by atoms with Gasteiger partial charge in [0.05, 0.1) is 11.7 Å². The van der Waals surface area contributed by atoms with Crippen LogP contribution in [0.3, 0.4) is 0 Å². The normalized spacial score (nSPS) is 10.4. The first-order valence-corrected chi connectivity index (χ1v) is 6.13. The van der Waals surface area contributed by atoms with Gasteiger partial charge < -0.3 is 4.74 Å². The summed E-state index contributed by atoms with van der Waals surface area (Å²) in [4.78, 5) is 0. The van der Waals surface area contributed by atoms with E-state index in [-0.39, 0.29) is 5.15 Å². The van der Waals surface area contributed by atoms with Crippen molar-refractivity contribution in [1.29, 1.82) is 0 Å². The van der Waals surface area contributed by atoms with Crippen molar-refractivity contribution >= 4 is 34.9 Å². The summed E-state index contributed by atoms with van der Waals surface area (Å²) in [5.74, 6) is 0.992. The van der Waals surface area contributed by atoms with Crippen LogP contribution in [0.2, 0.25) is 10.2 Å². The number of rotatable bonds is 3. The summed E-state index contributed by atoms with van der Waals surface area (Å²) < 4.78 is 13.2. The molecule has 0 spiro atoms. The molecule has 0 aliphatic carbocycles. The van der Waals surface area contributed by atoms with E-state index in [1.54, 1.807) is 12.1 Å². The first kappa shape index (κ1) is 11.6. The van der Waals surface area contributed by atoms with Crippen LogP contribution in [0.5, 0.6) is 11.6 Å². The molecule has 1 heterocycles. The van der Waals surface area contributed by atoms with E-state index >= 15 is 0 Å². The molecular formula is C10H8Cl2N2OS. The average molecular weight is 275 g/mol. The molecule has 0 amide bonds. The Hall–Kier alpha value is -0.840. The Balaban J connectivity index is 2.25. The highest BCUT2D eigenvalue weighted by atomic mass is 35.5. The van der Waals surface area contributed by atoms with Gasteiger partial charge in [-0.15, -0.1) is 4.37 Å². The molecule has 0 saturated carbocycles. The number of aromatic nitrogens is 2. The van der Waals surface area contributed by atoms with E-state index in [2.05, 4.69) is 8.75 Å². The minimum atomic E-state index is 0.276. The van der Waals surface area contributed by atoms with E-state index in [1.165, 1.54) is 0 Å². The number of benzene rings is 1. The Labute approximate surface area is 107 Å². The fourth-order valence-corrected chi connectivity index (χ4v) is 2.09. The molecule has 6 heteroatoms. The van der Waals surface area contributed by atoms with E-state index in [1.807, 2.05) is 13.0 Å². The quantitative estimate of drug-likeness (QED) is 0.842. The molecule has 0 atom stereocenters. The third kappa shape index (κ3) is 2.45. The predicted molar refractivity (Wildman–Crippen MR) is 65.8 cm³/mol.